The van der Waals surface area contributed by atoms with Crippen LogP contribution in [0.15, 0.2) is 72.9 Å². The molecule has 178 valence electrons. The summed E-state index contributed by atoms with van der Waals surface area (Å²) in [5.41, 5.74) is 8.72. The highest BCUT2D eigenvalue weighted by Gasteiger charge is 2.20. The Labute approximate surface area is 208 Å². The molecule has 2 heterocycles. The Kier molecular flexibility index (Phi) is 5.88. The molecule has 3 heteroatoms. The lowest BCUT2D eigenvalue weighted by Gasteiger charge is -2.23. The molecule has 0 atom stereocenters. The minimum Gasteiger partial charge on any atom is -0.508 e. The summed E-state index contributed by atoms with van der Waals surface area (Å²) in [6.07, 6.45) is 1.92. The largest absolute Gasteiger partial charge is 0.508 e. The lowest BCUT2D eigenvalue weighted by atomic mass is 9.82. The van der Waals surface area contributed by atoms with E-state index in [1.807, 2.05) is 18.3 Å². The Morgan fingerprint density at radius 2 is 1.34 bits per heavy atom. The first-order valence-electron chi connectivity index (χ1n) is 12.6. The number of hydrogen-bond donors (Lipinski definition) is 1. The molecule has 5 aromatic rings. The molecule has 2 aromatic heterocycles. The molecule has 0 amide bonds. The fourth-order valence-corrected chi connectivity index (χ4v) is 5.19. The van der Waals surface area contributed by atoms with Crippen molar-refractivity contribution in [3.8, 4) is 22.7 Å². The topological polar surface area (TPSA) is 38.0 Å². The van der Waals surface area contributed by atoms with E-state index in [4.69, 9.17) is 4.98 Å². The Morgan fingerprint density at radius 3 is 2.00 bits per heavy atom. The highest BCUT2D eigenvalue weighted by molar-refractivity contribution is 6.09. The number of hydrogen-bond acceptors (Lipinski definition) is 2. The third-order valence-electron chi connectivity index (χ3n) is 7.05. The molecule has 0 spiro atoms. The van der Waals surface area contributed by atoms with Gasteiger partial charge in [-0.3, -0.25) is 4.57 Å². The molecule has 3 nitrogen and oxygen atoms in total. The van der Waals surface area contributed by atoms with Crippen molar-refractivity contribution in [3.63, 3.8) is 0 Å². The van der Waals surface area contributed by atoms with Gasteiger partial charge < -0.3 is 5.11 Å². The van der Waals surface area contributed by atoms with E-state index in [1.165, 1.54) is 27.8 Å². The third-order valence-corrected chi connectivity index (χ3v) is 7.05. The maximum atomic E-state index is 10.3. The predicted octanol–water partition coefficient (Wildman–Crippen LogP) is 8.92. The molecule has 0 aliphatic carbocycles. The van der Waals surface area contributed by atoms with Crippen LogP contribution in [-0.4, -0.2) is 14.7 Å². The minimum atomic E-state index is 0.256. The second-order valence-corrected chi connectivity index (χ2v) is 10.5. The Hall–Kier alpha value is -3.59. The number of fused-ring (bicyclic) bond motifs is 3. The number of aromatic hydroxyl groups is 1. The minimum absolute atomic E-state index is 0.256. The number of para-hydroxylation sites is 1. The zero-order valence-corrected chi connectivity index (χ0v) is 21.5. The number of benzene rings is 3. The fourth-order valence-electron chi connectivity index (χ4n) is 5.19. The van der Waals surface area contributed by atoms with Gasteiger partial charge in [0.25, 0.3) is 0 Å². The van der Waals surface area contributed by atoms with Crippen molar-refractivity contribution in [2.75, 3.05) is 0 Å². The van der Waals surface area contributed by atoms with Gasteiger partial charge in [-0.15, -0.1) is 0 Å². The molecule has 0 aliphatic heterocycles. The standard InChI is InChI=1S/C32H34N2O/c1-19(2)23-15-27(20(3)4)32(28(16-23)21(5)6)22-13-14-33-31(17-22)34-29-10-8-7-9-25(29)26-12-11-24(35)18-30(26)34/h7-21,35H,1-6H3. The summed E-state index contributed by atoms with van der Waals surface area (Å²) in [7, 11) is 0. The molecular weight excluding hydrogens is 428 g/mol. The second kappa shape index (κ2) is 8.88. The SMILES string of the molecule is CC(C)c1cc(C(C)C)c(-c2ccnc(-n3c4ccccc4c4ccc(O)cc43)c2)c(C(C)C)c1. The number of aromatic nitrogens is 2. The number of phenols is 1. The molecule has 1 N–H and O–H groups in total. The van der Waals surface area contributed by atoms with Gasteiger partial charge in [0, 0.05) is 23.0 Å². The van der Waals surface area contributed by atoms with Crippen molar-refractivity contribution in [1.82, 2.24) is 9.55 Å². The molecule has 0 unspecified atom stereocenters. The van der Waals surface area contributed by atoms with Crippen LogP contribution < -0.4 is 0 Å². The molecule has 3 aromatic carbocycles. The Morgan fingerprint density at radius 1 is 0.686 bits per heavy atom. The van der Waals surface area contributed by atoms with Crippen LogP contribution in [0.4, 0.5) is 0 Å². The first-order chi connectivity index (χ1) is 16.8. The zero-order chi connectivity index (χ0) is 24.9. The normalized spacial score (nSPS) is 12.0. The van der Waals surface area contributed by atoms with Gasteiger partial charge in [0.05, 0.1) is 11.0 Å². The smallest absolute Gasteiger partial charge is 0.138 e. The predicted molar refractivity (Wildman–Crippen MR) is 148 cm³/mol. The first-order valence-corrected chi connectivity index (χ1v) is 12.6. The summed E-state index contributed by atoms with van der Waals surface area (Å²) in [4.78, 5) is 4.81. The summed E-state index contributed by atoms with van der Waals surface area (Å²) in [5.74, 6) is 2.41. The molecule has 0 saturated carbocycles. The van der Waals surface area contributed by atoms with Crippen LogP contribution in [0.1, 0.15) is 76.0 Å². The van der Waals surface area contributed by atoms with Gasteiger partial charge in [-0.25, -0.2) is 4.98 Å². The van der Waals surface area contributed by atoms with E-state index in [0.29, 0.717) is 17.8 Å². The molecule has 0 fully saturated rings. The van der Waals surface area contributed by atoms with Crippen LogP contribution in [0.25, 0.3) is 38.8 Å². The second-order valence-electron chi connectivity index (χ2n) is 10.5. The van der Waals surface area contributed by atoms with E-state index in [2.05, 4.69) is 94.6 Å². The third kappa shape index (κ3) is 3.99. The monoisotopic (exact) mass is 462 g/mol. The van der Waals surface area contributed by atoms with Crippen molar-refractivity contribution in [2.24, 2.45) is 0 Å². The summed E-state index contributed by atoms with van der Waals surface area (Å²) < 4.78 is 2.17. The highest BCUT2D eigenvalue weighted by atomic mass is 16.3. The lowest BCUT2D eigenvalue weighted by Crippen LogP contribution is -2.04. The molecule has 0 radical (unpaired) electrons. The molecular formula is C32H34N2O. The average molecular weight is 463 g/mol. The van der Waals surface area contributed by atoms with Crippen LogP contribution in [0.5, 0.6) is 5.75 Å². The van der Waals surface area contributed by atoms with Gasteiger partial charge in [-0.2, -0.15) is 0 Å². The summed E-state index contributed by atoms with van der Waals surface area (Å²) >= 11 is 0. The zero-order valence-electron chi connectivity index (χ0n) is 21.5. The molecule has 0 aliphatic rings. The van der Waals surface area contributed by atoms with E-state index in [0.717, 1.165) is 27.6 Å². The van der Waals surface area contributed by atoms with Crippen molar-refractivity contribution >= 4 is 21.8 Å². The quantitative estimate of drug-likeness (QED) is 0.283. The van der Waals surface area contributed by atoms with Gasteiger partial charge in [-0.1, -0.05) is 71.9 Å². The maximum Gasteiger partial charge on any atom is 0.138 e. The van der Waals surface area contributed by atoms with Crippen molar-refractivity contribution in [3.05, 3.63) is 89.6 Å². The Bertz CT molecular complexity index is 1510. The van der Waals surface area contributed by atoms with Gasteiger partial charge in [-0.05, 0) is 75.9 Å². The number of phenolic OH excluding ortho intramolecular Hbond substituents is 1. The Balaban J connectivity index is 1.80. The van der Waals surface area contributed by atoms with E-state index < -0.39 is 0 Å². The lowest BCUT2D eigenvalue weighted by molar-refractivity contribution is 0.476. The number of pyridine rings is 1. The highest BCUT2D eigenvalue weighted by Crippen LogP contribution is 2.40. The van der Waals surface area contributed by atoms with Gasteiger partial charge in [0.2, 0.25) is 0 Å². The van der Waals surface area contributed by atoms with Crippen molar-refractivity contribution in [2.45, 2.75) is 59.3 Å². The maximum absolute atomic E-state index is 10.3. The molecule has 5 rings (SSSR count). The van der Waals surface area contributed by atoms with E-state index in [9.17, 15) is 5.11 Å². The van der Waals surface area contributed by atoms with E-state index in [1.54, 1.807) is 6.07 Å². The first kappa shape index (κ1) is 23.2. The summed E-state index contributed by atoms with van der Waals surface area (Å²) in [5, 5.41) is 12.6. The van der Waals surface area contributed by atoms with Gasteiger partial charge in [0.15, 0.2) is 0 Å². The van der Waals surface area contributed by atoms with Crippen LogP contribution in [-0.2, 0) is 0 Å². The van der Waals surface area contributed by atoms with E-state index in [-0.39, 0.29) is 5.75 Å². The van der Waals surface area contributed by atoms with Gasteiger partial charge >= 0.3 is 0 Å². The van der Waals surface area contributed by atoms with Crippen molar-refractivity contribution < 1.29 is 5.11 Å². The fraction of sp³-hybridized carbons (Fsp3) is 0.281. The number of rotatable bonds is 5. The van der Waals surface area contributed by atoms with Crippen LogP contribution in [0, 0.1) is 0 Å². The van der Waals surface area contributed by atoms with Crippen LogP contribution in [0.2, 0.25) is 0 Å². The number of nitrogens with zero attached hydrogens (tertiary/aromatic N) is 2. The summed E-state index contributed by atoms with van der Waals surface area (Å²) in [6.45, 7) is 13.7. The molecule has 0 bridgehead atoms. The molecule has 0 saturated heterocycles. The van der Waals surface area contributed by atoms with E-state index >= 15 is 0 Å². The van der Waals surface area contributed by atoms with Crippen LogP contribution >= 0.6 is 0 Å². The van der Waals surface area contributed by atoms with Crippen LogP contribution in [0.3, 0.4) is 0 Å². The summed E-state index contributed by atoms with van der Waals surface area (Å²) in [6, 6.07) is 23.1. The molecule has 35 heavy (non-hydrogen) atoms. The van der Waals surface area contributed by atoms with Crippen molar-refractivity contribution in [1.29, 1.82) is 0 Å². The average Bonchev–Trinajstić information content (AvgIpc) is 3.16. The van der Waals surface area contributed by atoms with Gasteiger partial charge in [0.1, 0.15) is 11.6 Å².